The molecule has 0 saturated heterocycles. The lowest BCUT2D eigenvalue weighted by Crippen LogP contribution is -1.96. The van der Waals surface area contributed by atoms with Crippen LogP contribution < -0.4 is 0 Å². The van der Waals surface area contributed by atoms with Gasteiger partial charge < -0.3 is 9.13 Å². The van der Waals surface area contributed by atoms with Gasteiger partial charge >= 0.3 is 0 Å². The molecule has 0 atom stereocenters. The molecule has 6 nitrogen and oxygen atoms in total. The lowest BCUT2D eigenvalue weighted by atomic mass is 10.0. The minimum atomic E-state index is 0.958. The molecule has 0 aliphatic carbocycles. The minimum absolute atomic E-state index is 0.958. The number of rotatable bonds is 10. The van der Waals surface area contributed by atoms with Crippen LogP contribution in [0.1, 0.15) is 0 Å². The summed E-state index contributed by atoms with van der Waals surface area (Å²) in [5, 5.41) is 9.67. The fourth-order valence-corrected chi connectivity index (χ4v) is 15.2. The molecule has 0 aliphatic rings. The van der Waals surface area contributed by atoms with E-state index in [2.05, 4.69) is 370 Å². The van der Waals surface area contributed by atoms with Crippen LogP contribution in [0.15, 0.2) is 376 Å². The van der Waals surface area contributed by atoms with Crippen LogP contribution in [0.25, 0.3) is 177 Å². The summed E-state index contributed by atoms with van der Waals surface area (Å²) in [6, 6.07) is 131. The van der Waals surface area contributed by atoms with Crippen LogP contribution in [-0.2, 0) is 0 Å². The van der Waals surface area contributed by atoms with E-state index in [1.54, 1.807) is 0 Å². The fourth-order valence-electron chi connectivity index (χ4n) is 15.2. The van der Waals surface area contributed by atoms with Crippen molar-refractivity contribution in [2.24, 2.45) is 0 Å². The topological polar surface area (TPSA) is 45.5 Å². The van der Waals surface area contributed by atoms with Gasteiger partial charge in [-0.15, -0.1) is 0 Å². The average Bonchev–Trinajstić information content (AvgIpc) is 1.60. The van der Waals surface area contributed by atoms with Gasteiger partial charge in [0.15, 0.2) is 0 Å². The Hall–Kier alpha value is -13.4. The van der Waals surface area contributed by atoms with Crippen LogP contribution >= 0.6 is 0 Å². The van der Waals surface area contributed by atoms with E-state index in [9.17, 15) is 0 Å². The van der Waals surface area contributed by atoms with Crippen molar-refractivity contribution < 1.29 is 0 Å². The van der Waals surface area contributed by atoms with Crippen LogP contribution in [0.5, 0.6) is 0 Å². The second-order valence-electron chi connectivity index (χ2n) is 25.7. The third-order valence-electron chi connectivity index (χ3n) is 20.0. The smallest absolute Gasteiger partial charge is 0.145 e. The van der Waals surface area contributed by atoms with Crippen molar-refractivity contribution in [3.63, 3.8) is 0 Å². The van der Waals surface area contributed by atoms with Gasteiger partial charge in [0.25, 0.3) is 0 Å². The number of fused-ring (bicyclic) bond motifs is 12. The van der Waals surface area contributed by atoms with Crippen molar-refractivity contribution in [1.29, 1.82) is 0 Å². The van der Waals surface area contributed by atoms with E-state index in [0.29, 0.717) is 0 Å². The van der Waals surface area contributed by atoms with E-state index < -0.39 is 0 Å². The highest BCUT2D eigenvalue weighted by Gasteiger charge is 2.21. The molecule has 100 heavy (non-hydrogen) atoms. The van der Waals surface area contributed by atoms with E-state index in [4.69, 9.17) is 9.97 Å². The lowest BCUT2D eigenvalue weighted by Gasteiger charge is -2.12. The van der Waals surface area contributed by atoms with Gasteiger partial charge in [0, 0.05) is 78.2 Å². The van der Waals surface area contributed by atoms with Crippen LogP contribution in [-0.4, -0.2) is 28.2 Å². The second-order valence-corrected chi connectivity index (χ2v) is 25.7. The van der Waals surface area contributed by atoms with Gasteiger partial charge in [-0.25, -0.2) is 9.97 Å². The van der Waals surface area contributed by atoms with Crippen molar-refractivity contribution in [1.82, 2.24) is 28.2 Å². The van der Waals surface area contributed by atoms with Gasteiger partial charge in [0.2, 0.25) is 0 Å². The highest BCUT2D eigenvalue weighted by molar-refractivity contribution is 6.14. The van der Waals surface area contributed by atoms with Crippen LogP contribution in [0, 0.1) is 0 Å². The number of hydrogen-bond acceptors (Lipinski definition) is 2. The Kier molecular flexibility index (Phi) is 14.1. The summed E-state index contributed by atoms with van der Waals surface area (Å²) in [5.74, 6) is 0. The molecule has 6 aromatic heterocycles. The van der Waals surface area contributed by atoms with Gasteiger partial charge in [-0.1, -0.05) is 255 Å². The monoisotopic (exact) mass is 1270 g/mol. The molecule has 6 heterocycles. The summed E-state index contributed by atoms with van der Waals surface area (Å²) in [7, 11) is 0. The molecule has 0 aliphatic heterocycles. The molecule has 0 saturated carbocycles. The number of benzene rings is 14. The third-order valence-corrected chi connectivity index (χ3v) is 20.0. The molecule has 20 rings (SSSR count). The maximum atomic E-state index is 4.90. The summed E-state index contributed by atoms with van der Waals surface area (Å²) in [6.45, 7) is 0. The van der Waals surface area contributed by atoms with Crippen molar-refractivity contribution in [2.75, 3.05) is 0 Å². The fraction of sp³-hybridized carbons (Fsp3) is 0. The molecule has 0 radical (unpaired) electrons. The first-order valence-electron chi connectivity index (χ1n) is 34.1. The predicted molar refractivity (Wildman–Crippen MR) is 418 cm³/mol. The molecule has 0 amide bonds. The van der Waals surface area contributed by atoms with E-state index in [-0.39, 0.29) is 0 Å². The molecule has 0 bridgehead atoms. The summed E-state index contributed by atoms with van der Waals surface area (Å²) < 4.78 is 9.41. The molecule has 20 aromatic rings. The Morgan fingerprint density at radius 1 is 0.150 bits per heavy atom. The highest BCUT2D eigenvalue weighted by atomic mass is 15.1. The number of pyridine rings is 2. The zero-order valence-electron chi connectivity index (χ0n) is 54.5. The lowest BCUT2D eigenvalue weighted by molar-refractivity contribution is 1.14. The molecule has 0 unspecified atom stereocenters. The first-order chi connectivity index (χ1) is 49.6. The Bertz CT molecular complexity index is 6260. The summed E-state index contributed by atoms with van der Waals surface area (Å²) in [4.78, 5) is 9.77. The zero-order valence-corrected chi connectivity index (χ0v) is 54.5. The number of hydrogen-bond donors (Lipinski definition) is 0. The number of para-hydroxylation sites is 2. The Balaban J connectivity index is 0.000000139. The van der Waals surface area contributed by atoms with Crippen molar-refractivity contribution >= 4 is 87.5 Å². The van der Waals surface area contributed by atoms with Gasteiger partial charge in [-0.05, 0) is 176 Å². The molecular formula is C94H62N6. The van der Waals surface area contributed by atoms with E-state index in [1.165, 1.54) is 121 Å². The normalized spacial score (nSPS) is 11.6. The quantitative estimate of drug-likeness (QED) is 0.137. The number of aromatic nitrogens is 6. The largest absolute Gasteiger partial charge is 0.309 e. The van der Waals surface area contributed by atoms with Gasteiger partial charge in [0.1, 0.15) is 11.3 Å². The summed E-state index contributed by atoms with van der Waals surface area (Å²) in [6.07, 6.45) is 3.77. The molecule has 0 N–H and O–H groups in total. The van der Waals surface area contributed by atoms with Gasteiger partial charge in [0.05, 0.1) is 33.1 Å². The summed E-state index contributed by atoms with van der Waals surface area (Å²) in [5.41, 5.74) is 27.8. The molecule has 6 heteroatoms. The van der Waals surface area contributed by atoms with E-state index in [0.717, 1.165) is 55.8 Å². The molecule has 14 aromatic carbocycles. The molecular weight excluding hydrogens is 1210 g/mol. The summed E-state index contributed by atoms with van der Waals surface area (Å²) >= 11 is 0. The first kappa shape index (κ1) is 58.0. The Labute approximate surface area is 578 Å². The average molecular weight is 1280 g/mol. The third kappa shape index (κ3) is 10.0. The standard InChI is InChI=1S/2C47H31N3/c1-3-11-32(12-4-1)34-20-24-38(25-21-34)49-44-19-8-7-17-40(44)41-26-22-36(30-45(41)49)37-23-27-42-43-18-10-28-48-47(43)50(46(42)31-37)39-16-9-15-35(29-39)33-13-5-2-6-14-33;1-3-10-32(11-4-1)34-17-23-38(24-18-34)49-44-16-8-7-14-40(44)41-27-21-36(30-45(41)49)37-22-28-42-43-15-9-29-48-47(43)50(46(42)31-37)39-25-19-35(20-26-39)33-12-5-2-6-13-33/h2*1-31H. The second kappa shape index (κ2) is 24.3. The minimum Gasteiger partial charge on any atom is -0.309 e. The van der Waals surface area contributed by atoms with Crippen molar-refractivity contribution in [3.05, 3.63) is 376 Å². The molecule has 468 valence electrons. The SMILES string of the molecule is c1ccc(-c2ccc(-n3c4ccccc4c4ccc(-c5ccc6c7cccnc7n(-c7ccc(-c8ccccc8)cc7)c6c5)cc43)cc2)cc1.c1ccc(-c2ccc(-n3c4ccccc4c4ccc(-c5ccc6c7cccnc7n(-c7cccc(-c8ccccc8)c7)c6c5)cc43)cc2)cc1. The predicted octanol–water partition coefficient (Wildman–Crippen LogP) is 24.6. The first-order valence-corrected chi connectivity index (χ1v) is 34.1. The van der Waals surface area contributed by atoms with Crippen molar-refractivity contribution in [2.45, 2.75) is 0 Å². The maximum absolute atomic E-state index is 4.90. The maximum Gasteiger partial charge on any atom is 0.145 e. The highest BCUT2D eigenvalue weighted by Crippen LogP contribution is 2.42. The van der Waals surface area contributed by atoms with E-state index >= 15 is 0 Å². The van der Waals surface area contributed by atoms with Crippen LogP contribution in [0.2, 0.25) is 0 Å². The molecule has 0 spiro atoms. The van der Waals surface area contributed by atoms with Crippen LogP contribution in [0.3, 0.4) is 0 Å². The number of nitrogens with zero attached hydrogens (tertiary/aromatic N) is 6. The van der Waals surface area contributed by atoms with Crippen molar-refractivity contribution in [3.8, 4) is 89.5 Å². The van der Waals surface area contributed by atoms with Gasteiger partial charge in [-0.2, -0.15) is 0 Å². The van der Waals surface area contributed by atoms with Crippen LogP contribution in [0.4, 0.5) is 0 Å². The van der Waals surface area contributed by atoms with E-state index in [1.807, 2.05) is 24.5 Å². The Morgan fingerprint density at radius 2 is 0.410 bits per heavy atom. The Morgan fingerprint density at radius 3 is 0.800 bits per heavy atom. The molecule has 0 fully saturated rings. The zero-order chi connectivity index (χ0) is 66.0. The van der Waals surface area contributed by atoms with Gasteiger partial charge in [-0.3, -0.25) is 9.13 Å².